The van der Waals surface area contributed by atoms with Crippen LogP contribution in [0, 0.1) is 5.92 Å². The Morgan fingerprint density at radius 3 is 2.82 bits per heavy atom. The number of carbonyl (C=O) groups excluding carboxylic acids is 1. The van der Waals surface area contributed by atoms with E-state index in [4.69, 9.17) is 16.3 Å². The number of amides is 1. The van der Waals surface area contributed by atoms with E-state index < -0.39 is 0 Å². The number of hydrogen-bond acceptors (Lipinski definition) is 2. The maximum Gasteiger partial charge on any atom is 0.410 e. The summed E-state index contributed by atoms with van der Waals surface area (Å²) in [6.45, 7) is 1.81. The van der Waals surface area contributed by atoms with E-state index >= 15 is 0 Å². The van der Waals surface area contributed by atoms with Crippen LogP contribution in [0.4, 0.5) is 4.79 Å². The molecule has 1 aromatic carbocycles. The predicted octanol–water partition coefficient (Wildman–Crippen LogP) is 2.88. The number of carbonyl (C=O) groups is 1. The number of nitrogens with zero attached hydrogens (tertiary/aromatic N) is 1. The third-order valence-corrected chi connectivity index (χ3v) is 3.40. The molecule has 0 spiro atoms. The summed E-state index contributed by atoms with van der Waals surface area (Å²) in [6.07, 6.45) is 0.741. The van der Waals surface area contributed by atoms with Gasteiger partial charge in [0, 0.05) is 19.0 Å². The molecular weight excluding hydrogens is 238 g/mol. The van der Waals surface area contributed by atoms with E-state index in [9.17, 15) is 4.79 Å². The number of alkyl halides is 1. The van der Waals surface area contributed by atoms with E-state index in [-0.39, 0.29) is 6.09 Å². The van der Waals surface area contributed by atoms with Gasteiger partial charge in [0.15, 0.2) is 0 Å². The maximum atomic E-state index is 11.7. The molecule has 1 amide bonds. The highest BCUT2D eigenvalue weighted by atomic mass is 35.5. The highest BCUT2D eigenvalue weighted by molar-refractivity contribution is 6.18. The Morgan fingerprint density at radius 1 is 1.41 bits per heavy atom. The van der Waals surface area contributed by atoms with Gasteiger partial charge >= 0.3 is 6.09 Å². The van der Waals surface area contributed by atoms with Crippen molar-refractivity contribution in [3.05, 3.63) is 35.9 Å². The van der Waals surface area contributed by atoms with E-state index in [0.717, 1.165) is 25.1 Å². The van der Waals surface area contributed by atoms with Crippen LogP contribution in [0.15, 0.2) is 30.3 Å². The van der Waals surface area contributed by atoms with Gasteiger partial charge in [-0.2, -0.15) is 0 Å². The zero-order valence-corrected chi connectivity index (χ0v) is 10.4. The van der Waals surface area contributed by atoms with Gasteiger partial charge in [-0.1, -0.05) is 30.3 Å². The monoisotopic (exact) mass is 253 g/mol. The van der Waals surface area contributed by atoms with Crippen molar-refractivity contribution >= 4 is 17.7 Å². The van der Waals surface area contributed by atoms with Gasteiger partial charge in [0.05, 0.1) is 0 Å². The quantitative estimate of drug-likeness (QED) is 0.776. The standard InChI is InChI=1S/C13H16ClNO2/c14-8-12-6-7-15(9-12)13(16)17-10-11-4-2-1-3-5-11/h1-5,12H,6-10H2/t12-/m0/s1. The van der Waals surface area contributed by atoms with Crippen LogP contribution in [0.25, 0.3) is 0 Å². The molecule has 1 aliphatic heterocycles. The molecular formula is C13H16ClNO2. The van der Waals surface area contributed by atoms with Gasteiger partial charge < -0.3 is 9.64 Å². The predicted molar refractivity (Wildman–Crippen MR) is 67.0 cm³/mol. The molecule has 17 heavy (non-hydrogen) atoms. The molecule has 1 fully saturated rings. The summed E-state index contributed by atoms with van der Waals surface area (Å²) in [5.41, 5.74) is 1.01. The summed E-state index contributed by atoms with van der Waals surface area (Å²) in [5.74, 6) is 1.03. The molecule has 3 nitrogen and oxygen atoms in total. The van der Waals surface area contributed by atoms with E-state index in [1.165, 1.54) is 0 Å². The average molecular weight is 254 g/mol. The van der Waals surface area contributed by atoms with Gasteiger partial charge in [0.2, 0.25) is 0 Å². The highest BCUT2D eigenvalue weighted by Gasteiger charge is 2.26. The first-order valence-corrected chi connectivity index (χ1v) is 6.34. The lowest BCUT2D eigenvalue weighted by molar-refractivity contribution is 0.103. The zero-order chi connectivity index (χ0) is 12.1. The molecule has 1 heterocycles. The zero-order valence-electron chi connectivity index (χ0n) is 9.64. The molecule has 0 aliphatic carbocycles. The molecule has 4 heteroatoms. The lowest BCUT2D eigenvalue weighted by Crippen LogP contribution is -2.29. The summed E-state index contributed by atoms with van der Waals surface area (Å²) in [4.78, 5) is 13.5. The molecule has 0 N–H and O–H groups in total. The SMILES string of the molecule is O=C(OCc1ccccc1)N1CC[C@@H](CCl)C1. The topological polar surface area (TPSA) is 29.5 Å². The Balaban J connectivity index is 1.78. The van der Waals surface area contributed by atoms with Crippen LogP contribution in [-0.2, 0) is 11.3 Å². The number of halogens is 1. The first kappa shape index (κ1) is 12.2. The number of rotatable bonds is 3. The van der Waals surface area contributed by atoms with Gasteiger partial charge in [-0.25, -0.2) is 4.79 Å². The Hall–Kier alpha value is -1.22. The van der Waals surface area contributed by atoms with Gasteiger partial charge in [-0.05, 0) is 17.9 Å². The molecule has 1 aliphatic rings. The van der Waals surface area contributed by atoms with E-state index in [1.54, 1.807) is 4.90 Å². The van der Waals surface area contributed by atoms with E-state index in [0.29, 0.717) is 18.4 Å². The second kappa shape index (κ2) is 5.92. The maximum absolute atomic E-state index is 11.7. The fraction of sp³-hybridized carbons (Fsp3) is 0.462. The van der Waals surface area contributed by atoms with E-state index in [2.05, 4.69) is 0 Å². The first-order chi connectivity index (χ1) is 8.29. The molecule has 92 valence electrons. The molecule has 1 saturated heterocycles. The fourth-order valence-electron chi connectivity index (χ4n) is 1.94. The summed E-state index contributed by atoms with van der Waals surface area (Å²) in [6, 6.07) is 9.69. The normalized spacial score (nSPS) is 19.4. The summed E-state index contributed by atoms with van der Waals surface area (Å²) < 4.78 is 5.25. The van der Waals surface area contributed by atoms with Crippen molar-refractivity contribution in [2.45, 2.75) is 13.0 Å². The highest BCUT2D eigenvalue weighted by Crippen LogP contribution is 2.18. The molecule has 1 aromatic rings. The van der Waals surface area contributed by atoms with Crippen molar-refractivity contribution in [1.29, 1.82) is 0 Å². The Labute approximate surface area is 106 Å². The molecule has 0 saturated carbocycles. The van der Waals surface area contributed by atoms with Crippen LogP contribution in [-0.4, -0.2) is 30.0 Å². The largest absolute Gasteiger partial charge is 0.445 e. The van der Waals surface area contributed by atoms with E-state index in [1.807, 2.05) is 30.3 Å². The Bertz CT molecular complexity index is 369. The number of likely N-dealkylation sites (tertiary alicyclic amines) is 1. The van der Waals surface area contributed by atoms with Gasteiger partial charge in [-0.15, -0.1) is 11.6 Å². The number of ether oxygens (including phenoxy) is 1. The van der Waals surface area contributed by atoms with Crippen molar-refractivity contribution < 1.29 is 9.53 Å². The van der Waals surface area contributed by atoms with Crippen molar-refractivity contribution in [2.75, 3.05) is 19.0 Å². The van der Waals surface area contributed by atoms with Crippen LogP contribution >= 0.6 is 11.6 Å². The van der Waals surface area contributed by atoms with Crippen molar-refractivity contribution in [1.82, 2.24) is 4.90 Å². The van der Waals surface area contributed by atoms with Gasteiger partial charge in [0.1, 0.15) is 6.61 Å². The van der Waals surface area contributed by atoms with Crippen molar-refractivity contribution in [3.63, 3.8) is 0 Å². The number of benzene rings is 1. The molecule has 0 bridgehead atoms. The lowest BCUT2D eigenvalue weighted by Gasteiger charge is -2.15. The summed E-state index contributed by atoms with van der Waals surface area (Å²) >= 11 is 5.77. The first-order valence-electron chi connectivity index (χ1n) is 5.81. The second-order valence-electron chi connectivity index (χ2n) is 4.30. The smallest absolute Gasteiger partial charge is 0.410 e. The number of hydrogen-bond donors (Lipinski definition) is 0. The van der Waals surface area contributed by atoms with Crippen LogP contribution in [0.2, 0.25) is 0 Å². The molecule has 2 rings (SSSR count). The minimum atomic E-state index is -0.235. The minimum Gasteiger partial charge on any atom is -0.445 e. The fourth-order valence-corrected chi connectivity index (χ4v) is 2.19. The lowest BCUT2D eigenvalue weighted by atomic mass is 10.2. The molecule has 0 radical (unpaired) electrons. The average Bonchev–Trinajstić information content (AvgIpc) is 2.86. The molecule has 0 aromatic heterocycles. The second-order valence-corrected chi connectivity index (χ2v) is 4.60. The minimum absolute atomic E-state index is 0.235. The van der Waals surface area contributed by atoms with Crippen LogP contribution in [0.3, 0.4) is 0 Å². The summed E-state index contributed by atoms with van der Waals surface area (Å²) in [7, 11) is 0. The molecule has 0 unspecified atom stereocenters. The van der Waals surface area contributed by atoms with Crippen LogP contribution in [0.5, 0.6) is 0 Å². The molecule has 1 atom stereocenters. The van der Waals surface area contributed by atoms with Gasteiger partial charge in [0.25, 0.3) is 0 Å². The van der Waals surface area contributed by atoms with Crippen LogP contribution < -0.4 is 0 Å². The third-order valence-electron chi connectivity index (χ3n) is 2.97. The van der Waals surface area contributed by atoms with Crippen molar-refractivity contribution in [3.8, 4) is 0 Å². The van der Waals surface area contributed by atoms with Crippen LogP contribution in [0.1, 0.15) is 12.0 Å². The third kappa shape index (κ3) is 3.37. The summed E-state index contributed by atoms with van der Waals surface area (Å²) in [5, 5.41) is 0. The van der Waals surface area contributed by atoms with Gasteiger partial charge in [-0.3, -0.25) is 0 Å². The Morgan fingerprint density at radius 2 is 2.18 bits per heavy atom. The van der Waals surface area contributed by atoms with Crippen molar-refractivity contribution in [2.24, 2.45) is 5.92 Å². The Kier molecular flexibility index (Phi) is 4.26.